The van der Waals surface area contributed by atoms with Gasteiger partial charge in [0, 0.05) is 22.0 Å². The number of halogens is 1. The Balaban J connectivity index is 1.66. The summed E-state index contributed by atoms with van der Waals surface area (Å²) in [6, 6.07) is 13.6. The summed E-state index contributed by atoms with van der Waals surface area (Å²) in [5.74, 6) is -0.0178. The number of benzene rings is 2. The van der Waals surface area contributed by atoms with Gasteiger partial charge < -0.3 is 13.9 Å². The fourth-order valence-electron chi connectivity index (χ4n) is 2.49. The summed E-state index contributed by atoms with van der Waals surface area (Å²) in [7, 11) is 0. The first-order chi connectivity index (χ1) is 12.5. The van der Waals surface area contributed by atoms with E-state index in [0.717, 1.165) is 17.4 Å². The number of fused-ring (bicyclic) bond motifs is 1. The monoisotopic (exact) mass is 372 g/mol. The van der Waals surface area contributed by atoms with E-state index in [1.54, 1.807) is 24.3 Å². The molecule has 1 heterocycles. The summed E-state index contributed by atoms with van der Waals surface area (Å²) in [6.07, 6.45) is 0.834. The van der Waals surface area contributed by atoms with Gasteiger partial charge in [-0.15, -0.1) is 0 Å². The number of carbonyl (C=O) groups is 1. The molecule has 0 amide bonds. The second kappa shape index (κ2) is 8.06. The Morgan fingerprint density at radius 3 is 2.62 bits per heavy atom. The van der Waals surface area contributed by atoms with Crippen molar-refractivity contribution in [1.82, 2.24) is 0 Å². The summed E-state index contributed by atoms with van der Waals surface area (Å²) in [5.41, 5.74) is 1.67. The van der Waals surface area contributed by atoms with E-state index in [9.17, 15) is 9.59 Å². The highest BCUT2D eigenvalue weighted by Crippen LogP contribution is 2.20. The van der Waals surface area contributed by atoms with Crippen LogP contribution in [0.5, 0.6) is 5.75 Å². The first-order valence-electron chi connectivity index (χ1n) is 8.15. The van der Waals surface area contributed by atoms with Crippen molar-refractivity contribution in [2.75, 3.05) is 6.61 Å². The molecule has 0 saturated carbocycles. The molecule has 0 aliphatic rings. The molecule has 0 aliphatic carbocycles. The number of esters is 1. The lowest BCUT2D eigenvalue weighted by atomic mass is 10.1. The van der Waals surface area contributed by atoms with Crippen LogP contribution in [0.15, 0.2) is 57.7 Å². The van der Waals surface area contributed by atoms with Crippen molar-refractivity contribution in [3.05, 3.63) is 75.1 Å². The molecule has 6 heteroatoms. The van der Waals surface area contributed by atoms with Gasteiger partial charge in [0.2, 0.25) is 0 Å². The summed E-state index contributed by atoms with van der Waals surface area (Å²) < 4.78 is 15.8. The number of aryl methyl sites for hydroxylation is 1. The third kappa shape index (κ3) is 4.43. The van der Waals surface area contributed by atoms with Crippen molar-refractivity contribution in [2.45, 2.75) is 20.0 Å². The van der Waals surface area contributed by atoms with Gasteiger partial charge in [0.05, 0.1) is 0 Å². The van der Waals surface area contributed by atoms with Crippen LogP contribution in [0.25, 0.3) is 11.0 Å². The SMILES string of the molecule is CCc1ccc2c(COC(=O)COc3ccc(Cl)cc3)cc(=O)oc2c1. The van der Waals surface area contributed by atoms with Crippen molar-refractivity contribution < 1.29 is 18.7 Å². The highest BCUT2D eigenvalue weighted by Gasteiger charge is 2.10. The maximum absolute atomic E-state index is 11.9. The minimum absolute atomic E-state index is 0.0314. The minimum Gasteiger partial charge on any atom is -0.482 e. The van der Waals surface area contributed by atoms with Crippen LogP contribution in [0.2, 0.25) is 5.02 Å². The second-order valence-corrected chi connectivity index (χ2v) is 6.11. The molecule has 0 saturated heterocycles. The lowest BCUT2D eigenvalue weighted by Crippen LogP contribution is -2.15. The molecule has 1 aromatic heterocycles. The molecule has 2 aromatic carbocycles. The first kappa shape index (κ1) is 18.0. The molecule has 26 heavy (non-hydrogen) atoms. The summed E-state index contributed by atoms with van der Waals surface area (Å²) in [4.78, 5) is 23.6. The fourth-order valence-corrected chi connectivity index (χ4v) is 2.61. The topological polar surface area (TPSA) is 65.7 Å². The van der Waals surface area contributed by atoms with Gasteiger partial charge in [0.25, 0.3) is 0 Å². The molecular weight excluding hydrogens is 356 g/mol. The molecule has 0 bridgehead atoms. The second-order valence-electron chi connectivity index (χ2n) is 5.68. The molecule has 0 fully saturated rings. The maximum Gasteiger partial charge on any atom is 0.344 e. The van der Waals surface area contributed by atoms with Gasteiger partial charge in [-0.3, -0.25) is 0 Å². The van der Waals surface area contributed by atoms with E-state index in [0.29, 0.717) is 21.9 Å². The van der Waals surface area contributed by atoms with Gasteiger partial charge in [0.15, 0.2) is 6.61 Å². The molecule has 3 aromatic rings. The van der Waals surface area contributed by atoms with Crippen LogP contribution in [-0.2, 0) is 22.6 Å². The van der Waals surface area contributed by atoms with Crippen LogP contribution in [0, 0.1) is 0 Å². The predicted molar refractivity (Wildman–Crippen MR) is 98.6 cm³/mol. The van der Waals surface area contributed by atoms with E-state index in [4.69, 9.17) is 25.5 Å². The molecule has 134 valence electrons. The molecule has 0 aliphatic heterocycles. The van der Waals surface area contributed by atoms with E-state index in [1.807, 2.05) is 25.1 Å². The number of rotatable bonds is 6. The predicted octanol–water partition coefficient (Wildman–Crippen LogP) is 4.13. The largest absolute Gasteiger partial charge is 0.482 e. The van der Waals surface area contributed by atoms with Crippen LogP contribution in [-0.4, -0.2) is 12.6 Å². The van der Waals surface area contributed by atoms with E-state index in [2.05, 4.69) is 0 Å². The summed E-state index contributed by atoms with van der Waals surface area (Å²) in [6.45, 7) is 1.75. The zero-order valence-electron chi connectivity index (χ0n) is 14.2. The third-order valence-corrected chi connectivity index (χ3v) is 4.11. The molecule has 0 radical (unpaired) electrons. The van der Waals surface area contributed by atoms with E-state index in [-0.39, 0.29) is 13.2 Å². The lowest BCUT2D eigenvalue weighted by molar-refractivity contribution is -0.147. The standard InChI is InChI=1S/C20H17ClO5/c1-2-13-3-8-17-14(10-19(22)26-18(17)9-13)11-25-20(23)12-24-16-6-4-15(21)5-7-16/h3-10H,2,11-12H2,1H3. The van der Waals surface area contributed by atoms with Crippen LogP contribution in [0.4, 0.5) is 0 Å². The van der Waals surface area contributed by atoms with Crippen molar-refractivity contribution in [2.24, 2.45) is 0 Å². The Kier molecular flexibility index (Phi) is 5.58. The summed E-state index contributed by atoms with van der Waals surface area (Å²) in [5, 5.41) is 1.33. The van der Waals surface area contributed by atoms with Crippen LogP contribution < -0.4 is 10.4 Å². The average molecular weight is 373 g/mol. The molecule has 0 spiro atoms. The smallest absolute Gasteiger partial charge is 0.344 e. The third-order valence-electron chi connectivity index (χ3n) is 3.86. The van der Waals surface area contributed by atoms with Gasteiger partial charge >= 0.3 is 11.6 Å². The number of ether oxygens (including phenoxy) is 2. The minimum atomic E-state index is -0.536. The van der Waals surface area contributed by atoms with Crippen LogP contribution in [0.1, 0.15) is 18.1 Å². The summed E-state index contributed by atoms with van der Waals surface area (Å²) >= 11 is 5.79. The van der Waals surface area contributed by atoms with Gasteiger partial charge in [0.1, 0.15) is 17.9 Å². The van der Waals surface area contributed by atoms with E-state index in [1.165, 1.54) is 6.07 Å². The molecule has 0 atom stereocenters. The van der Waals surface area contributed by atoms with E-state index < -0.39 is 11.6 Å². The van der Waals surface area contributed by atoms with E-state index >= 15 is 0 Å². The van der Waals surface area contributed by atoms with Crippen molar-refractivity contribution >= 4 is 28.5 Å². The first-order valence-corrected chi connectivity index (χ1v) is 8.52. The van der Waals surface area contributed by atoms with Crippen LogP contribution in [0.3, 0.4) is 0 Å². The highest BCUT2D eigenvalue weighted by atomic mass is 35.5. The number of carbonyl (C=O) groups excluding carboxylic acids is 1. The number of hydrogen-bond donors (Lipinski definition) is 0. The van der Waals surface area contributed by atoms with Gasteiger partial charge in [-0.2, -0.15) is 0 Å². The quantitative estimate of drug-likeness (QED) is 0.480. The average Bonchev–Trinajstić information content (AvgIpc) is 2.64. The maximum atomic E-state index is 11.9. The van der Waals surface area contributed by atoms with Crippen molar-refractivity contribution in [3.63, 3.8) is 0 Å². The molecule has 0 unspecified atom stereocenters. The van der Waals surface area contributed by atoms with Gasteiger partial charge in [-0.25, -0.2) is 9.59 Å². The Morgan fingerprint density at radius 2 is 1.88 bits per heavy atom. The van der Waals surface area contributed by atoms with Crippen LogP contribution >= 0.6 is 11.6 Å². The Bertz CT molecular complexity index is 976. The Morgan fingerprint density at radius 1 is 1.12 bits per heavy atom. The molecule has 0 N–H and O–H groups in total. The normalized spacial score (nSPS) is 10.7. The lowest BCUT2D eigenvalue weighted by Gasteiger charge is -2.09. The Hall–Kier alpha value is -2.79. The van der Waals surface area contributed by atoms with Gasteiger partial charge in [-0.1, -0.05) is 30.7 Å². The fraction of sp³-hybridized carbons (Fsp3) is 0.200. The van der Waals surface area contributed by atoms with Crippen molar-refractivity contribution in [1.29, 1.82) is 0 Å². The Labute approximate surface area is 155 Å². The molecular formula is C20H17ClO5. The number of hydrogen-bond acceptors (Lipinski definition) is 5. The molecule has 3 rings (SSSR count). The highest BCUT2D eigenvalue weighted by molar-refractivity contribution is 6.30. The zero-order chi connectivity index (χ0) is 18.5. The molecule has 5 nitrogen and oxygen atoms in total. The van der Waals surface area contributed by atoms with Crippen molar-refractivity contribution in [3.8, 4) is 5.75 Å². The zero-order valence-corrected chi connectivity index (χ0v) is 14.9. The van der Waals surface area contributed by atoms with Gasteiger partial charge in [-0.05, 0) is 42.3 Å².